The maximum Gasteiger partial charge on any atom is 0.244 e. The van der Waals surface area contributed by atoms with Crippen LogP contribution in [0.3, 0.4) is 0 Å². The molecule has 0 aromatic heterocycles. The molecule has 2 aliphatic heterocycles. The minimum Gasteiger partial charge on any atom is -0.376 e. The summed E-state index contributed by atoms with van der Waals surface area (Å²) in [6.07, 6.45) is 2.46. The summed E-state index contributed by atoms with van der Waals surface area (Å²) in [5.74, 6) is -0.689. The number of aryl methyl sites for hydroxylation is 1. The van der Waals surface area contributed by atoms with E-state index in [0.717, 1.165) is 40.9 Å². The van der Waals surface area contributed by atoms with Crippen LogP contribution in [0.25, 0.3) is 0 Å². The van der Waals surface area contributed by atoms with Gasteiger partial charge in [0.2, 0.25) is 17.7 Å². The van der Waals surface area contributed by atoms with Crippen molar-refractivity contribution in [3.8, 4) is 0 Å². The van der Waals surface area contributed by atoms with Crippen molar-refractivity contribution in [2.24, 2.45) is 5.10 Å². The normalized spacial score (nSPS) is 17.1. The summed E-state index contributed by atoms with van der Waals surface area (Å²) >= 11 is 0. The summed E-state index contributed by atoms with van der Waals surface area (Å²) in [5.41, 5.74) is 4.69. The highest BCUT2D eigenvalue weighted by Gasteiger charge is 2.27. The SMILES string of the molecule is Cc1cccc(NC(=O)CN(CC2CCCO2)C(=O)CCC(=O)N2CCC(c3ccccc3)=N2)c1C. The third-order valence-corrected chi connectivity index (χ3v) is 6.76. The first-order valence-corrected chi connectivity index (χ1v) is 12.6. The van der Waals surface area contributed by atoms with Crippen LogP contribution in [-0.2, 0) is 19.1 Å². The van der Waals surface area contributed by atoms with Crippen LogP contribution in [0.5, 0.6) is 0 Å². The van der Waals surface area contributed by atoms with Crippen LogP contribution in [0.1, 0.15) is 48.8 Å². The third-order valence-electron chi connectivity index (χ3n) is 6.76. The van der Waals surface area contributed by atoms with Gasteiger partial charge >= 0.3 is 0 Å². The predicted octanol–water partition coefficient (Wildman–Crippen LogP) is 3.67. The van der Waals surface area contributed by atoms with Crippen molar-refractivity contribution >= 4 is 29.1 Å². The first kappa shape index (κ1) is 25.6. The first-order valence-electron chi connectivity index (χ1n) is 12.6. The van der Waals surface area contributed by atoms with Gasteiger partial charge in [0, 0.05) is 38.1 Å². The maximum atomic E-state index is 13.1. The number of benzene rings is 2. The Balaban J connectivity index is 1.35. The Kier molecular flexibility index (Phi) is 8.48. The Morgan fingerprint density at radius 1 is 1.08 bits per heavy atom. The fraction of sp³-hybridized carbons (Fsp3) is 0.429. The zero-order valence-electron chi connectivity index (χ0n) is 21.0. The number of nitrogens with one attached hydrogen (secondary N) is 1. The van der Waals surface area contributed by atoms with E-state index in [1.807, 2.05) is 62.4 Å². The summed E-state index contributed by atoms with van der Waals surface area (Å²) in [6, 6.07) is 15.5. The van der Waals surface area contributed by atoms with Gasteiger partial charge in [0.15, 0.2) is 0 Å². The van der Waals surface area contributed by atoms with E-state index in [-0.39, 0.29) is 43.2 Å². The second-order valence-corrected chi connectivity index (χ2v) is 9.38. The average molecular weight is 491 g/mol. The molecule has 3 amide bonds. The standard InChI is InChI=1S/C28H34N4O4/c1-20-8-6-12-24(21(20)2)29-26(33)19-31(18-23-11-7-17-36-23)27(34)13-14-28(35)32-16-15-25(30-32)22-9-4-3-5-10-22/h3-6,8-10,12,23H,7,11,13-19H2,1-2H3,(H,29,33). The second kappa shape index (κ2) is 11.9. The number of anilines is 1. The molecule has 0 spiro atoms. The fourth-order valence-corrected chi connectivity index (χ4v) is 4.51. The summed E-state index contributed by atoms with van der Waals surface area (Å²) in [4.78, 5) is 40.3. The number of rotatable bonds is 9. The van der Waals surface area contributed by atoms with Gasteiger partial charge in [-0.1, -0.05) is 42.5 Å². The van der Waals surface area contributed by atoms with Gasteiger partial charge in [-0.25, -0.2) is 5.01 Å². The minimum atomic E-state index is -0.266. The van der Waals surface area contributed by atoms with E-state index in [9.17, 15) is 14.4 Å². The van der Waals surface area contributed by atoms with Crippen LogP contribution in [0.2, 0.25) is 0 Å². The van der Waals surface area contributed by atoms with Crippen molar-refractivity contribution < 1.29 is 19.1 Å². The number of carbonyl (C=O) groups excluding carboxylic acids is 3. The molecule has 1 unspecified atom stereocenters. The highest BCUT2D eigenvalue weighted by atomic mass is 16.5. The van der Waals surface area contributed by atoms with E-state index in [1.54, 1.807) is 0 Å². The summed E-state index contributed by atoms with van der Waals surface area (Å²) in [5, 5.41) is 8.84. The Morgan fingerprint density at radius 2 is 1.89 bits per heavy atom. The van der Waals surface area contributed by atoms with Crippen LogP contribution in [0, 0.1) is 13.8 Å². The topological polar surface area (TPSA) is 91.3 Å². The highest BCUT2D eigenvalue weighted by Crippen LogP contribution is 2.19. The number of ether oxygens (including phenoxy) is 1. The van der Waals surface area contributed by atoms with Gasteiger partial charge in [0.1, 0.15) is 0 Å². The smallest absolute Gasteiger partial charge is 0.244 e. The monoisotopic (exact) mass is 490 g/mol. The Morgan fingerprint density at radius 3 is 2.64 bits per heavy atom. The molecule has 2 aromatic rings. The van der Waals surface area contributed by atoms with Gasteiger partial charge in [0.05, 0.1) is 24.9 Å². The molecular weight excluding hydrogens is 456 g/mol. The number of hydrogen-bond acceptors (Lipinski definition) is 5. The molecule has 2 heterocycles. The molecule has 4 rings (SSSR count). The molecule has 1 saturated heterocycles. The summed E-state index contributed by atoms with van der Waals surface area (Å²) in [7, 11) is 0. The Bertz CT molecular complexity index is 1130. The van der Waals surface area contributed by atoms with Crippen LogP contribution in [-0.4, -0.2) is 65.7 Å². The van der Waals surface area contributed by atoms with Crippen LogP contribution in [0.4, 0.5) is 5.69 Å². The van der Waals surface area contributed by atoms with E-state index < -0.39 is 0 Å². The lowest BCUT2D eigenvalue weighted by molar-refractivity contribution is -0.139. The minimum absolute atomic E-state index is 0.0228. The van der Waals surface area contributed by atoms with Crippen molar-refractivity contribution in [1.29, 1.82) is 0 Å². The van der Waals surface area contributed by atoms with Crippen molar-refractivity contribution in [3.63, 3.8) is 0 Å². The van der Waals surface area contributed by atoms with Gasteiger partial charge in [-0.2, -0.15) is 5.10 Å². The van der Waals surface area contributed by atoms with E-state index in [4.69, 9.17) is 4.74 Å². The number of amides is 3. The lowest BCUT2D eigenvalue weighted by atomic mass is 10.1. The van der Waals surface area contributed by atoms with Gasteiger partial charge in [0.25, 0.3) is 0 Å². The van der Waals surface area contributed by atoms with Gasteiger partial charge < -0.3 is 15.0 Å². The van der Waals surface area contributed by atoms with Crippen molar-refractivity contribution in [3.05, 3.63) is 65.2 Å². The quantitative estimate of drug-likeness (QED) is 0.581. The molecule has 8 heteroatoms. The molecule has 1 fully saturated rings. The zero-order valence-corrected chi connectivity index (χ0v) is 21.0. The first-order chi connectivity index (χ1) is 17.4. The van der Waals surface area contributed by atoms with E-state index in [0.29, 0.717) is 26.1 Å². The van der Waals surface area contributed by atoms with Crippen LogP contribution in [0.15, 0.2) is 53.6 Å². The molecule has 0 aliphatic carbocycles. The highest BCUT2D eigenvalue weighted by molar-refractivity contribution is 6.02. The molecule has 2 aromatic carbocycles. The number of hydrogen-bond donors (Lipinski definition) is 1. The Labute approximate surface area is 212 Å². The van der Waals surface area contributed by atoms with Crippen molar-refractivity contribution in [2.45, 2.75) is 52.1 Å². The molecule has 1 atom stereocenters. The van der Waals surface area contributed by atoms with Gasteiger partial charge in [-0.05, 0) is 49.4 Å². The molecular formula is C28H34N4O4. The van der Waals surface area contributed by atoms with Gasteiger partial charge in [-0.15, -0.1) is 0 Å². The molecule has 36 heavy (non-hydrogen) atoms. The molecule has 2 aliphatic rings. The second-order valence-electron chi connectivity index (χ2n) is 9.38. The molecule has 0 radical (unpaired) electrons. The van der Waals surface area contributed by atoms with Crippen LogP contribution < -0.4 is 5.32 Å². The largest absolute Gasteiger partial charge is 0.376 e. The zero-order chi connectivity index (χ0) is 25.5. The maximum absolute atomic E-state index is 13.1. The molecule has 1 N–H and O–H groups in total. The molecule has 0 bridgehead atoms. The van der Waals surface area contributed by atoms with E-state index >= 15 is 0 Å². The number of nitrogens with zero attached hydrogens (tertiary/aromatic N) is 3. The summed E-state index contributed by atoms with van der Waals surface area (Å²) in [6.45, 7) is 5.37. The lowest BCUT2D eigenvalue weighted by Crippen LogP contribution is -2.42. The van der Waals surface area contributed by atoms with E-state index in [2.05, 4.69) is 10.4 Å². The number of carbonyl (C=O) groups is 3. The van der Waals surface area contributed by atoms with E-state index in [1.165, 1.54) is 9.91 Å². The average Bonchev–Trinajstić information content (AvgIpc) is 3.58. The van der Waals surface area contributed by atoms with Crippen molar-refractivity contribution in [2.75, 3.05) is 31.6 Å². The fourth-order valence-electron chi connectivity index (χ4n) is 4.51. The lowest BCUT2D eigenvalue weighted by Gasteiger charge is -2.25. The predicted molar refractivity (Wildman–Crippen MR) is 139 cm³/mol. The molecule has 190 valence electrons. The van der Waals surface area contributed by atoms with Crippen LogP contribution >= 0.6 is 0 Å². The third kappa shape index (κ3) is 6.57. The number of hydrazone groups is 1. The Hall–Kier alpha value is -3.52. The summed E-state index contributed by atoms with van der Waals surface area (Å²) < 4.78 is 5.71. The van der Waals surface area contributed by atoms with Crippen molar-refractivity contribution in [1.82, 2.24) is 9.91 Å². The van der Waals surface area contributed by atoms with Gasteiger partial charge in [-0.3, -0.25) is 14.4 Å². The molecule has 8 nitrogen and oxygen atoms in total. The molecule has 0 saturated carbocycles.